The minimum Gasteiger partial charge on any atom is -0.546 e. The largest absolute Gasteiger partial charge is 0.546 e. The zero-order chi connectivity index (χ0) is 18.7. The highest BCUT2D eigenvalue weighted by Gasteiger charge is 2.24. The van der Waals surface area contributed by atoms with E-state index in [4.69, 9.17) is 0 Å². The summed E-state index contributed by atoms with van der Waals surface area (Å²) >= 11 is 0. The molecular weight excluding hydrogens is 312 g/mol. The van der Waals surface area contributed by atoms with Crippen LogP contribution in [-0.4, -0.2) is 10.5 Å². The molecule has 0 aliphatic rings. The molecule has 0 N–H and O–H groups in total. The molecule has 0 aliphatic carbocycles. The first-order chi connectivity index (χ1) is 12.0. The maximum atomic E-state index is 11.3. The van der Waals surface area contributed by atoms with E-state index in [2.05, 4.69) is 25.3 Å². The van der Waals surface area contributed by atoms with Crippen molar-refractivity contribution in [2.75, 3.05) is 0 Å². The van der Waals surface area contributed by atoms with Gasteiger partial charge in [-0.15, -0.1) is 0 Å². The standard InChI is InChI=1S/C21H38N2O2/c1-5-7-8-9-10-11-12-13-14-15-20-22(16-6-2)18(3)17-23(20)19(4)21(24)25/h17,19H,5-16H2,1-4H3. The first-order valence-electron chi connectivity index (χ1n) is 10.3. The van der Waals surface area contributed by atoms with E-state index in [-0.39, 0.29) is 0 Å². The molecule has 0 saturated carbocycles. The lowest BCUT2D eigenvalue weighted by atomic mass is 10.1. The molecule has 0 aliphatic heterocycles. The number of rotatable bonds is 14. The molecule has 144 valence electrons. The molecule has 0 amide bonds. The molecule has 25 heavy (non-hydrogen) atoms. The number of unbranched alkanes of at least 4 members (excludes halogenated alkanes) is 8. The summed E-state index contributed by atoms with van der Waals surface area (Å²) in [5.74, 6) is 0.131. The summed E-state index contributed by atoms with van der Waals surface area (Å²) in [4.78, 5) is 11.3. The van der Waals surface area contributed by atoms with Crippen molar-refractivity contribution in [3.63, 3.8) is 0 Å². The van der Waals surface area contributed by atoms with Crippen molar-refractivity contribution in [3.8, 4) is 0 Å². The van der Waals surface area contributed by atoms with E-state index in [1.807, 2.05) is 10.8 Å². The molecule has 0 saturated heterocycles. The van der Waals surface area contributed by atoms with Gasteiger partial charge in [-0.05, 0) is 19.8 Å². The average molecular weight is 351 g/mol. The SMILES string of the molecule is CCCCCCCCCCCc1n(CCC)c(C)c[n+]1C(C)C(=O)[O-]. The van der Waals surface area contributed by atoms with Gasteiger partial charge in [-0.25, -0.2) is 9.13 Å². The van der Waals surface area contributed by atoms with Crippen molar-refractivity contribution >= 4 is 5.97 Å². The number of carbonyl (C=O) groups is 1. The zero-order valence-electron chi connectivity index (χ0n) is 16.9. The van der Waals surface area contributed by atoms with Gasteiger partial charge in [0.25, 0.3) is 5.82 Å². The van der Waals surface area contributed by atoms with Crippen LogP contribution in [0.15, 0.2) is 6.20 Å². The number of hydrogen-bond donors (Lipinski definition) is 0. The van der Waals surface area contributed by atoms with Crippen LogP contribution in [0.3, 0.4) is 0 Å². The van der Waals surface area contributed by atoms with Crippen molar-refractivity contribution in [1.82, 2.24) is 4.57 Å². The Labute approximate surface area is 154 Å². The lowest BCUT2D eigenvalue weighted by Gasteiger charge is -2.12. The van der Waals surface area contributed by atoms with Gasteiger partial charge >= 0.3 is 0 Å². The fourth-order valence-electron chi connectivity index (χ4n) is 3.52. The average Bonchev–Trinajstić information content (AvgIpc) is 2.89. The molecule has 1 heterocycles. The molecule has 0 aromatic carbocycles. The van der Waals surface area contributed by atoms with Gasteiger partial charge in [0.1, 0.15) is 17.9 Å². The number of carbonyl (C=O) groups excluding carboxylic acids is 1. The second-order valence-electron chi connectivity index (χ2n) is 7.32. The van der Waals surface area contributed by atoms with E-state index in [0.29, 0.717) is 0 Å². The van der Waals surface area contributed by atoms with E-state index >= 15 is 0 Å². The number of aromatic nitrogens is 2. The smallest absolute Gasteiger partial charge is 0.257 e. The van der Waals surface area contributed by atoms with Crippen molar-refractivity contribution in [3.05, 3.63) is 17.7 Å². The van der Waals surface area contributed by atoms with Crippen molar-refractivity contribution < 1.29 is 14.5 Å². The van der Waals surface area contributed by atoms with E-state index in [1.54, 1.807) is 6.92 Å². The molecule has 1 aromatic rings. The summed E-state index contributed by atoms with van der Waals surface area (Å²) in [5.41, 5.74) is 1.14. The lowest BCUT2D eigenvalue weighted by molar-refractivity contribution is -0.719. The highest BCUT2D eigenvalue weighted by Crippen LogP contribution is 2.14. The first-order valence-corrected chi connectivity index (χ1v) is 10.3. The summed E-state index contributed by atoms with van der Waals surface area (Å²) in [6.45, 7) is 9.14. The molecule has 1 unspecified atom stereocenters. The Morgan fingerprint density at radius 2 is 1.60 bits per heavy atom. The van der Waals surface area contributed by atoms with Crippen LogP contribution in [0.1, 0.15) is 103 Å². The zero-order valence-corrected chi connectivity index (χ0v) is 16.9. The summed E-state index contributed by atoms with van der Waals surface area (Å²) in [7, 11) is 0. The van der Waals surface area contributed by atoms with Gasteiger partial charge in [0.05, 0.1) is 12.5 Å². The third-order valence-corrected chi connectivity index (χ3v) is 5.07. The molecule has 4 heteroatoms. The number of nitrogens with zero attached hydrogens (tertiary/aromatic N) is 2. The van der Waals surface area contributed by atoms with Crippen LogP contribution < -0.4 is 9.67 Å². The number of hydrogen-bond acceptors (Lipinski definition) is 2. The van der Waals surface area contributed by atoms with Gasteiger partial charge in [0.15, 0.2) is 0 Å². The fourth-order valence-corrected chi connectivity index (χ4v) is 3.52. The Balaban J connectivity index is 2.51. The molecule has 0 fully saturated rings. The molecule has 0 bridgehead atoms. The first kappa shape index (κ1) is 21.7. The third-order valence-electron chi connectivity index (χ3n) is 5.07. The normalized spacial score (nSPS) is 12.5. The number of aryl methyl sites for hydroxylation is 1. The van der Waals surface area contributed by atoms with E-state index in [9.17, 15) is 9.90 Å². The van der Waals surface area contributed by atoms with Crippen LogP contribution in [0.2, 0.25) is 0 Å². The topological polar surface area (TPSA) is 48.9 Å². The molecule has 4 nitrogen and oxygen atoms in total. The summed E-state index contributed by atoms with van der Waals surface area (Å²) in [5, 5.41) is 11.3. The molecular formula is C21H38N2O2. The second kappa shape index (κ2) is 12.1. The molecule has 1 rings (SSSR count). The fraction of sp³-hybridized carbons (Fsp3) is 0.810. The Hall–Kier alpha value is -1.32. The third kappa shape index (κ3) is 7.21. The Bertz CT molecular complexity index is 508. The van der Waals surface area contributed by atoms with E-state index in [0.717, 1.165) is 37.3 Å². The number of aliphatic carboxylic acids is 1. The monoisotopic (exact) mass is 350 g/mol. The Kier molecular flexibility index (Phi) is 10.5. The van der Waals surface area contributed by atoms with Gasteiger partial charge in [-0.2, -0.15) is 0 Å². The van der Waals surface area contributed by atoms with Crippen molar-refractivity contribution in [2.24, 2.45) is 0 Å². The predicted octanol–water partition coefficient (Wildman–Crippen LogP) is 3.88. The second-order valence-corrected chi connectivity index (χ2v) is 7.32. The number of imidazole rings is 1. The van der Waals surface area contributed by atoms with E-state index in [1.165, 1.54) is 51.4 Å². The summed E-state index contributed by atoms with van der Waals surface area (Å²) in [6.07, 6.45) is 15.7. The number of carboxylic acid groups (broad SMARTS) is 1. The van der Waals surface area contributed by atoms with Crippen molar-refractivity contribution in [1.29, 1.82) is 0 Å². The predicted molar refractivity (Wildman–Crippen MR) is 100 cm³/mol. The quantitative estimate of drug-likeness (QED) is 0.378. The van der Waals surface area contributed by atoms with Crippen LogP contribution in [0.25, 0.3) is 0 Å². The van der Waals surface area contributed by atoms with Gasteiger partial charge < -0.3 is 9.90 Å². The maximum Gasteiger partial charge on any atom is 0.257 e. The van der Waals surface area contributed by atoms with Gasteiger partial charge in [0, 0.05) is 13.3 Å². The Morgan fingerprint density at radius 3 is 2.12 bits per heavy atom. The summed E-state index contributed by atoms with van der Waals surface area (Å²) < 4.78 is 4.19. The molecule has 0 radical (unpaired) electrons. The van der Waals surface area contributed by atoms with E-state index < -0.39 is 12.0 Å². The van der Waals surface area contributed by atoms with Crippen LogP contribution >= 0.6 is 0 Å². The number of carboxylic acids is 1. The molecule has 0 spiro atoms. The van der Waals surface area contributed by atoms with Gasteiger partial charge in [0.2, 0.25) is 0 Å². The van der Waals surface area contributed by atoms with Crippen LogP contribution in [0.5, 0.6) is 0 Å². The minimum absolute atomic E-state index is 0.606. The maximum absolute atomic E-state index is 11.3. The Morgan fingerprint density at radius 1 is 1.04 bits per heavy atom. The molecule has 1 atom stereocenters. The molecule has 1 aromatic heterocycles. The van der Waals surface area contributed by atoms with Crippen LogP contribution in [0, 0.1) is 6.92 Å². The highest BCUT2D eigenvalue weighted by molar-refractivity contribution is 5.66. The van der Waals surface area contributed by atoms with Crippen molar-refractivity contribution in [2.45, 2.75) is 111 Å². The van der Waals surface area contributed by atoms with Gasteiger partial charge in [-0.3, -0.25) is 0 Å². The minimum atomic E-state index is -1.01. The lowest BCUT2D eigenvalue weighted by Crippen LogP contribution is -2.49. The highest BCUT2D eigenvalue weighted by atomic mass is 16.4. The van der Waals surface area contributed by atoms with Crippen LogP contribution in [0.4, 0.5) is 0 Å². The van der Waals surface area contributed by atoms with Crippen LogP contribution in [-0.2, 0) is 17.8 Å². The summed E-state index contributed by atoms with van der Waals surface area (Å²) in [6, 6.07) is -0.606. The van der Waals surface area contributed by atoms with Gasteiger partial charge in [-0.1, -0.05) is 65.2 Å².